The number of nitrogens with zero attached hydrogens (tertiary/aromatic N) is 3. The van der Waals surface area contributed by atoms with Gasteiger partial charge in [-0.25, -0.2) is 10.4 Å². The maximum absolute atomic E-state index is 12.0. The minimum absolute atomic E-state index is 0.0888. The van der Waals surface area contributed by atoms with Gasteiger partial charge in [0.05, 0.1) is 16.7 Å². The summed E-state index contributed by atoms with van der Waals surface area (Å²) in [7, 11) is 0. The molecule has 1 amide bonds. The maximum Gasteiger partial charge on any atom is 0.271 e. The number of non-ortho nitro benzene ring substituents is 1. The number of carbonyl (C=O) groups excluding carboxylic acids is 1. The molecular formula is C17H11ClN4O3. The van der Waals surface area contributed by atoms with Gasteiger partial charge in [0.25, 0.3) is 11.6 Å². The number of nitro benzene ring substituents is 1. The van der Waals surface area contributed by atoms with Crippen molar-refractivity contribution in [3.05, 3.63) is 81.0 Å². The molecule has 124 valence electrons. The van der Waals surface area contributed by atoms with E-state index >= 15 is 0 Å². The predicted molar refractivity (Wildman–Crippen MR) is 94.9 cm³/mol. The molecule has 0 atom stereocenters. The smallest absolute Gasteiger partial charge is 0.267 e. The van der Waals surface area contributed by atoms with Gasteiger partial charge < -0.3 is 0 Å². The number of hydrazone groups is 1. The summed E-state index contributed by atoms with van der Waals surface area (Å²) >= 11 is 6.10. The molecule has 3 rings (SSSR count). The minimum Gasteiger partial charge on any atom is -0.267 e. The lowest BCUT2D eigenvalue weighted by Crippen LogP contribution is -2.17. The fourth-order valence-corrected chi connectivity index (χ4v) is 2.35. The van der Waals surface area contributed by atoms with Gasteiger partial charge in [0.15, 0.2) is 0 Å². The Labute approximate surface area is 147 Å². The van der Waals surface area contributed by atoms with Crippen LogP contribution >= 0.6 is 11.6 Å². The van der Waals surface area contributed by atoms with E-state index in [4.69, 9.17) is 11.6 Å². The van der Waals surface area contributed by atoms with E-state index < -0.39 is 10.8 Å². The molecule has 1 heterocycles. The van der Waals surface area contributed by atoms with Gasteiger partial charge >= 0.3 is 0 Å². The SMILES string of the molecule is O=C(NN=Cc1cc2ccccc2nc1Cl)c1ccc([N+](=O)[O-])cc1. The number of para-hydroxylation sites is 1. The van der Waals surface area contributed by atoms with Crippen LogP contribution in [0.2, 0.25) is 5.15 Å². The topological polar surface area (TPSA) is 97.5 Å². The van der Waals surface area contributed by atoms with Crippen molar-refractivity contribution in [3.8, 4) is 0 Å². The van der Waals surface area contributed by atoms with Crippen molar-refractivity contribution >= 4 is 40.3 Å². The third-order valence-corrected chi connectivity index (χ3v) is 3.72. The fraction of sp³-hybridized carbons (Fsp3) is 0. The Morgan fingerprint density at radius 3 is 2.64 bits per heavy atom. The van der Waals surface area contributed by atoms with Crippen molar-refractivity contribution in [1.29, 1.82) is 0 Å². The van der Waals surface area contributed by atoms with Crippen LogP contribution in [0.5, 0.6) is 0 Å². The molecule has 0 saturated heterocycles. The van der Waals surface area contributed by atoms with Crippen molar-refractivity contribution in [1.82, 2.24) is 10.4 Å². The molecule has 0 aliphatic rings. The number of carbonyl (C=O) groups is 1. The van der Waals surface area contributed by atoms with Crippen molar-refractivity contribution in [2.24, 2.45) is 5.10 Å². The molecule has 0 aliphatic heterocycles. The first-order valence-corrected chi connectivity index (χ1v) is 7.55. The summed E-state index contributed by atoms with van der Waals surface area (Å²) in [5, 5.41) is 15.6. The number of amides is 1. The molecule has 0 bridgehead atoms. The van der Waals surface area contributed by atoms with Crippen LogP contribution in [0.25, 0.3) is 10.9 Å². The molecule has 7 nitrogen and oxygen atoms in total. The molecule has 8 heteroatoms. The number of hydrogen-bond donors (Lipinski definition) is 1. The van der Waals surface area contributed by atoms with Crippen LogP contribution in [0.3, 0.4) is 0 Å². The van der Waals surface area contributed by atoms with E-state index in [2.05, 4.69) is 15.5 Å². The standard InChI is InChI=1S/C17H11ClN4O3/c18-16-13(9-12-3-1-2-4-15(12)20-16)10-19-21-17(23)11-5-7-14(8-6-11)22(24)25/h1-10H,(H,21,23). The highest BCUT2D eigenvalue weighted by molar-refractivity contribution is 6.32. The monoisotopic (exact) mass is 354 g/mol. The van der Waals surface area contributed by atoms with Crippen molar-refractivity contribution in [3.63, 3.8) is 0 Å². The molecule has 25 heavy (non-hydrogen) atoms. The molecule has 1 aromatic heterocycles. The van der Waals surface area contributed by atoms with E-state index in [0.29, 0.717) is 5.56 Å². The predicted octanol–water partition coefficient (Wildman–Crippen LogP) is 3.56. The summed E-state index contributed by atoms with van der Waals surface area (Å²) in [6.07, 6.45) is 1.39. The zero-order valence-corrected chi connectivity index (χ0v) is 13.5. The molecular weight excluding hydrogens is 344 g/mol. The summed E-state index contributed by atoms with van der Waals surface area (Å²) in [6, 6.07) is 14.5. The van der Waals surface area contributed by atoms with E-state index in [1.807, 2.05) is 30.3 Å². The molecule has 0 unspecified atom stereocenters. The molecule has 0 radical (unpaired) electrons. The second kappa shape index (κ2) is 7.06. The van der Waals surface area contributed by atoms with Crippen LogP contribution in [0.4, 0.5) is 5.69 Å². The number of nitro groups is 1. The number of halogens is 1. The van der Waals surface area contributed by atoms with E-state index in [9.17, 15) is 14.9 Å². The van der Waals surface area contributed by atoms with Crippen LogP contribution in [0.1, 0.15) is 15.9 Å². The van der Waals surface area contributed by atoms with Gasteiger partial charge in [0.1, 0.15) is 5.15 Å². The van der Waals surface area contributed by atoms with Gasteiger partial charge in [-0.05, 0) is 24.3 Å². The number of rotatable bonds is 4. The summed E-state index contributed by atoms with van der Waals surface area (Å²) in [5.41, 5.74) is 3.83. The van der Waals surface area contributed by atoms with Gasteiger partial charge in [-0.1, -0.05) is 29.8 Å². The summed E-state index contributed by atoms with van der Waals surface area (Å²) in [6.45, 7) is 0. The molecule has 2 aromatic carbocycles. The van der Waals surface area contributed by atoms with E-state index in [-0.39, 0.29) is 16.4 Å². The van der Waals surface area contributed by atoms with Crippen LogP contribution in [-0.4, -0.2) is 22.0 Å². The van der Waals surface area contributed by atoms with Gasteiger partial charge in [-0.3, -0.25) is 14.9 Å². The number of pyridine rings is 1. The van der Waals surface area contributed by atoms with Crippen LogP contribution in [-0.2, 0) is 0 Å². The molecule has 0 aliphatic carbocycles. The Kier molecular flexibility index (Phi) is 4.67. The first kappa shape index (κ1) is 16.5. The quantitative estimate of drug-likeness (QED) is 0.335. The lowest BCUT2D eigenvalue weighted by Gasteiger charge is -2.02. The third-order valence-electron chi connectivity index (χ3n) is 3.41. The van der Waals surface area contributed by atoms with Gasteiger partial charge in [-0.2, -0.15) is 5.10 Å². The highest BCUT2D eigenvalue weighted by Crippen LogP contribution is 2.19. The van der Waals surface area contributed by atoms with Gasteiger partial charge in [-0.15, -0.1) is 0 Å². The average Bonchev–Trinajstić information content (AvgIpc) is 2.62. The van der Waals surface area contributed by atoms with Crippen molar-refractivity contribution in [2.75, 3.05) is 0 Å². The Hall–Kier alpha value is -3.32. The first-order chi connectivity index (χ1) is 12.0. The zero-order valence-electron chi connectivity index (χ0n) is 12.7. The Balaban J connectivity index is 1.73. The third kappa shape index (κ3) is 3.78. The van der Waals surface area contributed by atoms with Crippen LogP contribution in [0, 0.1) is 10.1 Å². The molecule has 0 fully saturated rings. The van der Waals surface area contributed by atoms with Crippen LogP contribution in [0.15, 0.2) is 59.7 Å². The number of aromatic nitrogens is 1. The van der Waals surface area contributed by atoms with Gasteiger partial charge in [0.2, 0.25) is 0 Å². The second-order valence-corrected chi connectivity index (χ2v) is 5.42. The van der Waals surface area contributed by atoms with E-state index in [1.54, 1.807) is 0 Å². The average molecular weight is 355 g/mol. The van der Waals surface area contributed by atoms with Crippen molar-refractivity contribution < 1.29 is 9.72 Å². The second-order valence-electron chi connectivity index (χ2n) is 5.06. The molecule has 0 saturated carbocycles. The Bertz CT molecular complexity index is 987. The molecule has 1 N–H and O–H groups in total. The zero-order chi connectivity index (χ0) is 17.8. The normalized spacial score (nSPS) is 10.9. The Morgan fingerprint density at radius 2 is 1.92 bits per heavy atom. The van der Waals surface area contributed by atoms with E-state index in [0.717, 1.165) is 10.9 Å². The number of benzene rings is 2. The van der Waals surface area contributed by atoms with E-state index in [1.165, 1.54) is 30.5 Å². The summed E-state index contributed by atoms with van der Waals surface area (Å²) < 4.78 is 0. The number of fused-ring (bicyclic) bond motifs is 1. The summed E-state index contributed by atoms with van der Waals surface area (Å²) in [4.78, 5) is 26.3. The van der Waals surface area contributed by atoms with Crippen LogP contribution < -0.4 is 5.43 Å². The fourth-order valence-electron chi connectivity index (χ4n) is 2.16. The number of hydrogen-bond acceptors (Lipinski definition) is 5. The van der Waals surface area contributed by atoms with Gasteiger partial charge in [0, 0.05) is 28.6 Å². The lowest BCUT2D eigenvalue weighted by molar-refractivity contribution is -0.384. The Morgan fingerprint density at radius 1 is 1.20 bits per heavy atom. The first-order valence-electron chi connectivity index (χ1n) is 7.18. The molecule has 0 spiro atoms. The maximum atomic E-state index is 12.0. The lowest BCUT2D eigenvalue weighted by atomic mass is 10.2. The largest absolute Gasteiger partial charge is 0.271 e. The highest BCUT2D eigenvalue weighted by atomic mass is 35.5. The number of nitrogens with one attached hydrogen (secondary N) is 1. The minimum atomic E-state index is -0.533. The molecule has 3 aromatic rings. The summed E-state index contributed by atoms with van der Waals surface area (Å²) in [5.74, 6) is -0.490. The van der Waals surface area contributed by atoms with Crippen molar-refractivity contribution in [2.45, 2.75) is 0 Å². The highest BCUT2D eigenvalue weighted by Gasteiger charge is 2.09.